The van der Waals surface area contributed by atoms with Crippen LogP contribution < -0.4 is 16.4 Å². The van der Waals surface area contributed by atoms with E-state index in [4.69, 9.17) is 0 Å². The van der Waals surface area contributed by atoms with Crippen LogP contribution in [0.3, 0.4) is 0 Å². The molecule has 1 aliphatic heterocycles. The molecule has 1 fully saturated rings. The number of rotatable bonds is 1. The van der Waals surface area contributed by atoms with Crippen LogP contribution >= 0.6 is 11.3 Å². The Hall–Kier alpha value is -2.32. The van der Waals surface area contributed by atoms with Crippen LogP contribution in [-0.2, 0) is 34.5 Å². The molecule has 2 heterocycles. The highest BCUT2D eigenvalue weighted by molar-refractivity contribution is 7.22. The molecule has 1 aromatic heterocycles. The van der Waals surface area contributed by atoms with Gasteiger partial charge in [0.25, 0.3) is 0 Å². The Bertz CT molecular complexity index is 1940. The molecule has 0 bridgehead atoms. The van der Waals surface area contributed by atoms with Gasteiger partial charge in [0.05, 0.1) is 0 Å². The third-order valence-corrected chi connectivity index (χ3v) is 15.1. The van der Waals surface area contributed by atoms with Crippen molar-refractivity contribution in [1.82, 2.24) is 0 Å². The van der Waals surface area contributed by atoms with Crippen LogP contribution in [0.1, 0.15) is 150 Å². The van der Waals surface area contributed by atoms with Crippen molar-refractivity contribution in [3.63, 3.8) is 0 Å². The summed E-state index contributed by atoms with van der Waals surface area (Å²) in [5.74, 6) is 0. The van der Waals surface area contributed by atoms with Gasteiger partial charge < -0.3 is 0 Å². The zero-order valence-electron chi connectivity index (χ0n) is 30.6. The quantitative estimate of drug-likeness (QED) is 0.163. The highest BCUT2D eigenvalue weighted by Crippen LogP contribution is 2.59. The molecule has 3 aliphatic carbocycles. The van der Waals surface area contributed by atoms with Gasteiger partial charge in [0.15, 0.2) is 0 Å². The SMILES string of the molecule is Cc1cc(C)c2c(c1)Cc1sc3cc4c(cc3c1B2c1cc(C(C)(C)C)cc2c1CC1(C)CCCCC21C)C(C)(C)CCC4(C)C. The maximum atomic E-state index is 2.70. The van der Waals surface area contributed by atoms with Crippen molar-refractivity contribution in [3.8, 4) is 0 Å². The molecule has 240 valence electrons. The number of hydrogen-bond donors (Lipinski definition) is 0. The van der Waals surface area contributed by atoms with Crippen LogP contribution in [0.4, 0.5) is 0 Å². The molecule has 2 atom stereocenters. The Balaban J connectivity index is 1.48. The van der Waals surface area contributed by atoms with E-state index in [1.807, 2.05) is 0 Å². The van der Waals surface area contributed by atoms with E-state index in [0.29, 0.717) is 5.41 Å². The summed E-state index contributed by atoms with van der Waals surface area (Å²) in [6, 6.07) is 15.7. The first kappa shape index (κ1) is 31.0. The van der Waals surface area contributed by atoms with E-state index in [1.54, 1.807) is 54.5 Å². The molecule has 8 rings (SSSR count). The maximum Gasteiger partial charge on any atom is 0.244 e. The zero-order chi connectivity index (χ0) is 32.8. The second-order valence-electron chi connectivity index (χ2n) is 19.0. The van der Waals surface area contributed by atoms with Gasteiger partial charge in [-0.1, -0.05) is 121 Å². The van der Waals surface area contributed by atoms with E-state index in [2.05, 4.69) is 124 Å². The lowest BCUT2D eigenvalue weighted by Crippen LogP contribution is -2.58. The third kappa shape index (κ3) is 4.23. The van der Waals surface area contributed by atoms with Gasteiger partial charge in [0, 0.05) is 16.0 Å². The summed E-state index contributed by atoms with van der Waals surface area (Å²) in [5, 5.41) is 1.54. The molecule has 1 saturated carbocycles. The molecule has 2 unspecified atom stereocenters. The Kier molecular flexibility index (Phi) is 6.50. The first-order chi connectivity index (χ1) is 21.4. The van der Waals surface area contributed by atoms with Crippen molar-refractivity contribution in [1.29, 1.82) is 0 Å². The van der Waals surface area contributed by atoms with E-state index in [1.165, 1.54) is 66.3 Å². The van der Waals surface area contributed by atoms with Crippen LogP contribution in [0, 0.1) is 19.3 Å². The van der Waals surface area contributed by atoms with Crippen LogP contribution in [0.25, 0.3) is 10.1 Å². The van der Waals surface area contributed by atoms with E-state index in [9.17, 15) is 0 Å². The summed E-state index contributed by atoms with van der Waals surface area (Å²) < 4.78 is 1.51. The summed E-state index contributed by atoms with van der Waals surface area (Å²) >= 11 is 2.11. The van der Waals surface area contributed by atoms with Crippen LogP contribution in [0.2, 0.25) is 0 Å². The molecule has 46 heavy (non-hydrogen) atoms. The van der Waals surface area contributed by atoms with E-state index in [-0.39, 0.29) is 28.4 Å². The second-order valence-corrected chi connectivity index (χ2v) is 20.1. The number of aryl methyl sites for hydroxylation is 2. The molecular formula is C44H55BS. The van der Waals surface area contributed by atoms with Crippen molar-refractivity contribution < 1.29 is 0 Å². The molecule has 0 nitrogen and oxygen atoms in total. The van der Waals surface area contributed by atoms with Gasteiger partial charge in [-0.2, -0.15) is 0 Å². The monoisotopic (exact) mass is 626 g/mol. The summed E-state index contributed by atoms with van der Waals surface area (Å²) in [6.07, 6.45) is 10.2. The molecule has 2 heteroatoms. The predicted octanol–water partition coefficient (Wildman–Crippen LogP) is 9.98. The zero-order valence-corrected chi connectivity index (χ0v) is 31.4. The molecule has 0 amide bonds. The topological polar surface area (TPSA) is 0 Å². The van der Waals surface area contributed by atoms with Crippen molar-refractivity contribution in [2.45, 2.75) is 149 Å². The van der Waals surface area contributed by atoms with E-state index < -0.39 is 0 Å². The second kappa shape index (κ2) is 9.65. The number of hydrogen-bond acceptors (Lipinski definition) is 1. The Morgan fingerprint density at radius 2 is 1.39 bits per heavy atom. The van der Waals surface area contributed by atoms with Crippen molar-refractivity contribution in [2.24, 2.45) is 5.41 Å². The minimum absolute atomic E-state index is 0.0990. The van der Waals surface area contributed by atoms with Gasteiger partial charge >= 0.3 is 0 Å². The Labute approximate surface area is 283 Å². The first-order valence-corrected chi connectivity index (χ1v) is 19.1. The number of benzene rings is 3. The molecule has 4 aromatic rings. The van der Waals surface area contributed by atoms with Crippen molar-refractivity contribution >= 4 is 44.5 Å². The van der Waals surface area contributed by atoms with Crippen LogP contribution in [-0.4, -0.2) is 6.71 Å². The largest absolute Gasteiger partial charge is 0.244 e. The Morgan fingerprint density at radius 1 is 0.717 bits per heavy atom. The molecule has 0 saturated heterocycles. The molecule has 0 N–H and O–H groups in total. The van der Waals surface area contributed by atoms with Gasteiger partial charge in [-0.15, -0.1) is 11.3 Å². The average molecular weight is 627 g/mol. The fourth-order valence-electron chi connectivity index (χ4n) is 10.7. The molecule has 4 aliphatic rings. The number of fused-ring (bicyclic) bond motifs is 8. The summed E-state index contributed by atoms with van der Waals surface area (Å²) in [7, 11) is 0. The van der Waals surface area contributed by atoms with E-state index >= 15 is 0 Å². The maximum absolute atomic E-state index is 2.70. The first-order valence-electron chi connectivity index (χ1n) is 18.3. The highest BCUT2D eigenvalue weighted by Gasteiger charge is 2.54. The summed E-state index contributed by atoms with van der Waals surface area (Å²) in [4.78, 5) is 1.61. The fraction of sp³-hybridized carbons (Fsp3) is 0.545. The number of thiophene rings is 1. The lowest BCUT2D eigenvalue weighted by atomic mass is 9.32. The van der Waals surface area contributed by atoms with Gasteiger partial charge in [-0.3, -0.25) is 0 Å². The van der Waals surface area contributed by atoms with Crippen LogP contribution in [0.15, 0.2) is 36.4 Å². The van der Waals surface area contributed by atoms with Gasteiger partial charge in [0.2, 0.25) is 6.71 Å². The lowest BCUT2D eigenvalue weighted by molar-refractivity contribution is 0.109. The lowest BCUT2D eigenvalue weighted by Gasteiger charge is -2.46. The van der Waals surface area contributed by atoms with Crippen molar-refractivity contribution in [2.75, 3.05) is 0 Å². The normalized spacial score (nSPS) is 25.9. The highest BCUT2D eigenvalue weighted by atomic mass is 32.1. The molecule has 3 aromatic carbocycles. The van der Waals surface area contributed by atoms with E-state index in [0.717, 1.165) is 6.42 Å². The third-order valence-electron chi connectivity index (χ3n) is 13.9. The van der Waals surface area contributed by atoms with Gasteiger partial charge in [0.1, 0.15) is 0 Å². The predicted molar refractivity (Wildman–Crippen MR) is 203 cm³/mol. The van der Waals surface area contributed by atoms with Gasteiger partial charge in [-0.05, 0) is 129 Å². The summed E-state index contributed by atoms with van der Waals surface area (Å²) in [6.45, 7) is 27.5. The summed E-state index contributed by atoms with van der Waals surface area (Å²) in [5.41, 5.74) is 18.5. The average Bonchev–Trinajstić information content (AvgIpc) is 3.43. The minimum Gasteiger partial charge on any atom is -0.140 e. The molecule has 0 radical (unpaired) electrons. The van der Waals surface area contributed by atoms with Gasteiger partial charge in [-0.25, -0.2) is 0 Å². The standard InChI is InChI=1S/C44H55BS/c1-26-18-27(2)38-28(19-26)20-37-39(30-23-33-34(24-36(30)46-37)42(8,9)17-16-41(33,6)7)45(38)35-22-29(40(3,4)5)21-32-31(35)25-43(10)14-12-13-15-44(32,43)11/h18-19,21-24H,12-17,20,25H2,1-11H3. The fourth-order valence-corrected chi connectivity index (χ4v) is 12.0. The Morgan fingerprint density at radius 3 is 2.09 bits per heavy atom. The van der Waals surface area contributed by atoms with Crippen LogP contribution in [0.5, 0.6) is 0 Å². The van der Waals surface area contributed by atoms with Crippen molar-refractivity contribution in [3.05, 3.63) is 85.8 Å². The smallest absolute Gasteiger partial charge is 0.140 e. The molecular weight excluding hydrogens is 571 g/mol. The minimum atomic E-state index is 0.0990. The molecule has 0 spiro atoms.